The van der Waals surface area contributed by atoms with Crippen LogP contribution in [0.2, 0.25) is 0 Å². The van der Waals surface area contributed by atoms with E-state index < -0.39 is 0 Å². The average Bonchev–Trinajstić information content (AvgIpc) is 3.18. The normalized spacial score (nSPS) is 17.8. The summed E-state index contributed by atoms with van der Waals surface area (Å²) in [7, 11) is 0. The van der Waals surface area contributed by atoms with Gasteiger partial charge in [-0.25, -0.2) is 4.68 Å². The summed E-state index contributed by atoms with van der Waals surface area (Å²) in [5.41, 5.74) is 14.1. The van der Waals surface area contributed by atoms with Crippen molar-refractivity contribution >= 4 is 17.6 Å². The number of amidine groups is 1. The first kappa shape index (κ1) is 22.1. The van der Waals surface area contributed by atoms with Gasteiger partial charge in [-0.2, -0.15) is 5.10 Å². The van der Waals surface area contributed by atoms with E-state index in [1.165, 1.54) is 6.08 Å². The highest BCUT2D eigenvalue weighted by Gasteiger charge is 2.28. The Morgan fingerprint density at radius 3 is 2.33 bits per heavy atom. The van der Waals surface area contributed by atoms with E-state index in [0.29, 0.717) is 22.8 Å². The highest BCUT2D eigenvalue weighted by Crippen LogP contribution is 2.35. The molecule has 3 aromatic rings. The zero-order valence-corrected chi connectivity index (χ0v) is 18.3. The maximum atomic E-state index is 11.6. The summed E-state index contributed by atoms with van der Waals surface area (Å²) in [5, 5.41) is 15.8. The molecule has 1 aliphatic carbocycles. The number of amides is 1. The molecule has 0 bridgehead atoms. The number of nitrogens with one attached hydrogen (secondary N) is 2. The lowest BCUT2D eigenvalue weighted by molar-refractivity contribution is -0.117. The summed E-state index contributed by atoms with van der Waals surface area (Å²) in [5.74, 6) is 1.56. The second-order valence-corrected chi connectivity index (χ2v) is 8.12. The van der Waals surface area contributed by atoms with Gasteiger partial charge in [-0.3, -0.25) is 10.2 Å². The standard InChI is InChI=1S/C25H28N6O2/c1-2-21(32)29-17-10-12-18(13-11-17)31-25(28)22(24(26)27)23(30-31)16-8-14-20(15-9-16)33-19-6-4-3-5-7-19/h2-9,14-15,17-18H,1,10-13,28H2,(H3,26,27)(H,29,32). The lowest BCUT2D eigenvalue weighted by Crippen LogP contribution is -2.37. The first-order valence-corrected chi connectivity index (χ1v) is 10.9. The number of nitrogens with zero attached hydrogens (tertiary/aromatic N) is 2. The SMILES string of the molecule is C=CC(=O)NC1CCC(n2nc(-c3ccc(Oc4ccccc4)cc3)c(C(=N)N)c2N)CC1. The van der Waals surface area contributed by atoms with Crippen LogP contribution in [0.15, 0.2) is 67.3 Å². The molecule has 170 valence electrons. The van der Waals surface area contributed by atoms with Crippen LogP contribution in [0.1, 0.15) is 37.3 Å². The van der Waals surface area contributed by atoms with E-state index in [1.807, 2.05) is 54.6 Å². The van der Waals surface area contributed by atoms with Gasteiger partial charge in [-0.1, -0.05) is 24.8 Å². The van der Waals surface area contributed by atoms with Crippen LogP contribution >= 0.6 is 0 Å². The van der Waals surface area contributed by atoms with E-state index in [4.69, 9.17) is 26.7 Å². The molecule has 1 saturated carbocycles. The van der Waals surface area contributed by atoms with E-state index in [0.717, 1.165) is 37.0 Å². The van der Waals surface area contributed by atoms with Gasteiger partial charge in [-0.05, 0) is 68.2 Å². The molecule has 0 saturated heterocycles. The maximum Gasteiger partial charge on any atom is 0.243 e. The summed E-state index contributed by atoms with van der Waals surface area (Å²) < 4.78 is 7.65. The minimum absolute atomic E-state index is 0.0782. The molecule has 0 atom stereocenters. The number of para-hydroxylation sites is 1. The summed E-state index contributed by atoms with van der Waals surface area (Å²) in [6.07, 6.45) is 4.56. The quantitative estimate of drug-likeness (QED) is 0.248. The van der Waals surface area contributed by atoms with Crippen LogP contribution in [-0.4, -0.2) is 27.6 Å². The number of hydrogen-bond donors (Lipinski definition) is 4. The van der Waals surface area contributed by atoms with Crippen molar-refractivity contribution in [3.05, 3.63) is 72.8 Å². The predicted molar refractivity (Wildman–Crippen MR) is 129 cm³/mol. The Labute approximate surface area is 192 Å². The Morgan fingerprint density at radius 1 is 1.09 bits per heavy atom. The topological polar surface area (TPSA) is 132 Å². The first-order chi connectivity index (χ1) is 16.0. The third-order valence-electron chi connectivity index (χ3n) is 5.90. The van der Waals surface area contributed by atoms with Crippen molar-refractivity contribution in [1.29, 1.82) is 5.41 Å². The third kappa shape index (κ3) is 4.90. The molecule has 1 heterocycles. The number of rotatable bonds is 7. The van der Waals surface area contributed by atoms with Crippen molar-refractivity contribution in [3.63, 3.8) is 0 Å². The summed E-state index contributed by atoms with van der Waals surface area (Å²) in [6.45, 7) is 3.50. The number of benzene rings is 2. The Kier molecular flexibility index (Phi) is 6.44. The maximum absolute atomic E-state index is 11.6. The number of carbonyl (C=O) groups excluding carboxylic acids is 1. The molecule has 4 rings (SSSR count). The minimum atomic E-state index is -0.155. The fourth-order valence-electron chi connectivity index (χ4n) is 4.22. The number of carbonyl (C=O) groups is 1. The second-order valence-electron chi connectivity index (χ2n) is 8.12. The van der Waals surface area contributed by atoms with Gasteiger partial charge in [0, 0.05) is 11.6 Å². The van der Waals surface area contributed by atoms with E-state index in [-0.39, 0.29) is 23.8 Å². The monoisotopic (exact) mass is 444 g/mol. The number of ether oxygens (including phenoxy) is 1. The number of nitrogen functional groups attached to an aromatic ring is 2. The molecule has 0 spiro atoms. The third-order valence-corrected chi connectivity index (χ3v) is 5.90. The Hall–Kier alpha value is -4.07. The highest BCUT2D eigenvalue weighted by molar-refractivity contribution is 6.04. The molecular formula is C25H28N6O2. The van der Waals surface area contributed by atoms with Gasteiger partial charge in [0.25, 0.3) is 0 Å². The van der Waals surface area contributed by atoms with Crippen LogP contribution in [0.3, 0.4) is 0 Å². The van der Waals surface area contributed by atoms with E-state index >= 15 is 0 Å². The lowest BCUT2D eigenvalue weighted by Gasteiger charge is -2.29. The number of anilines is 1. The summed E-state index contributed by atoms with van der Waals surface area (Å²) in [4.78, 5) is 11.6. The molecule has 6 N–H and O–H groups in total. The fourth-order valence-corrected chi connectivity index (χ4v) is 4.22. The Balaban J connectivity index is 1.54. The average molecular weight is 445 g/mol. The molecule has 1 aliphatic rings. The molecule has 0 radical (unpaired) electrons. The number of nitrogens with two attached hydrogens (primary N) is 2. The van der Waals surface area contributed by atoms with E-state index in [1.54, 1.807) is 4.68 Å². The molecule has 33 heavy (non-hydrogen) atoms. The number of hydrogen-bond acceptors (Lipinski definition) is 5. The second kappa shape index (κ2) is 9.60. The van der Waals surface area contributed by atoms with Crippen LogP contribution < -0.4 is 21.5 Å². The predicted octanol–water partition coefficient (Wildman–Crippen LogP) is 3.99. The molecule has 0 aliphatic heterocycles. The smallest absolute Gasteiger partial charge is 0.243 e. The van der Waals surface area contributed by atoms with Gasteiger partial charge in [0.15, 0.2) is 0 Å². The first-order valence-electron chi connectivity index (χ1n) is 10.9. The van der Waals surface area contributed by atoms with Crippen molar-refractivity contribution in [3.8, 4) is 22.8 Å². The van der Waals surface area contributed by atoms with Gasteiger partial charge >= 0.3 is 0 Å². The zero-order valence-electron chi connectivity index (χ0n) is 18.3. The van der Waals surface area contributed by atoms with Gasteiger partial charge in [0.2, 0.25) is 5.91 Å². The van der Waals surface area contributed by atoms with Crippen LogP contribution in [0.5, 0.6) is 11.5 Å². The molecular weight excluding hydrogens is 416 g/mol. The molecule has 2 aromatic carbocycles. The van der Waals surface area contributed by atoms with Crippen molar-refractivity contribution < 1.29 is 9.53 Å². The molecule has 1 aromatic heterocycles. The van der Waals surface area contributed by atoms with Gasteiger partial charge < -0.3 is 21.5 Å². The van der Waals surface area contributed by atoms with Crippen LogP contribution in [0.25, 0.3) is 11.3 Å². The van der Waals surface area contributed by atoms with Gasteiger partial charge in [0.1, 0.15) is 28.8 Å². The molecule has 1 amide bonds. The zero-order chi connectivity index (χ0) is 23.4. The fraction of sp³-hybridized carbons (Fsp3) is 0.240. The molecule has 8 heteroatoms. The van der Waals surface area contributed by atoms with Crippen molar-refractivity contribution in [1.82, 2.24) is 15.1 Å². The largest absolute Gasteiger partial charge is 0.457 e. The molecule has 0 unspecified atom stereocenters. The van der Waals surface area contributed by atoms with Crippen molar-refractivity contribution in [2.75, 3.05) is 5.73 Å². The number of aromatic nitrogens is 2. The summed E-state index contributed by atoms with van der Waals surface area (Å²) in [6, 6.07) is 17.2. The minimum Gasteiger partial charge on any atom is -0.457 e. The van der Waals surface area contributed by atoms with E-state index in [9.17, 15) is 4.79 Å². The van der Waals surface area contributed by atoms with Crippen LogP contribution in [0.4, 0.5) is 5.82 Å². The van der Waals surface area contributed by atoms with Gasteiger partial charge in [0.05, 0.1) is 11.6 Å². The molecule has 1 fully saturated rings. The van der Waals surface area contributed by atoms with Crippen LogP contribution in [-0.2, 0) is 4.79 Å². The van der Waals surface area contributed by atoms with Crippen molar-refractivity contribution in [2.24, 2.45) is 5.73 Å². The van der Waals surface area contributed by atoms with E-state index in [2.05, 4.69) is 11.9 Å². The Morgan fingerprint density at radius 2 is 1.73 bits per heavy atom. The van der Waals surface area contributed by atoms with Crippen molar-refractivity contribution in [2.45, 2.75) is 37.8 Å². The summed E-state index contributed by atoms with van der Waals surface area (Å²) >= 11 is 0. The highest BCUT2D eigenvalue weighted by atomic mass is 16.5. The lowest BCUT2D eigenvalue weighted by atomic mass is 9.91. The Bertz CT molecular complexity index is 1150. The van der Waals surface area contributed by atoms with Crippen LogP contribution in [0, 0.1) is 5.41 Å². The molecule has 8 nitrogen and oxygen atoms in total. The van der Waals surface area contributed by atoms with Gasteiger partial charge in [-0.15, -0.1) is 0 Å².